The summed E-state index contributed by atoms with van der Waals surface area (Å²) in [5.74, 6) is -1.58. The lowest BCUT2D eigenvalue weighted by molar-refractivity contribution is 0.188. The topological polar surface area (TPSA) is 0 Å². The summed E-state index contributed by atoms with van der Waals surface area (Å²) in [4.78, 5) is 0. The van der Waals surface area contributed by atoms with Gasteiger partial charge in [0.25, 0.3) is 0 Å². The van der Waals surface area contributed by atoms with Crippen molar-refractivity contribution in [3.8, 4) is 0 Å². The molecule has 0 saturated carbocycles. The summed E-state index contributed by atoms with van der Waals surface area (Å²) in [6.45, 7) is 0. The van der Waals surface area contributed by atoms with E-state index in [1.54, 1.807) is 0 Å². The molecular formula is C8H5F4. The fraction of sp³-hybridized carbons (Fsp3) is 0.125. The molecule has 1 aromatic rings. The third kappa shape index (κ3) is 2.22. The third-order valence-electron chi connectivity index (χ3n) is 1.26. The molecule has 1 radical (unpaired) electrons. The standard InChI is InChI=1S/C8H5F4/c9-6-1-2-7(10)5(3-6)4-8(11)12/h1-4,8H. The maximum absolute atomic E-state index is 12.6. The molecule has 0 N–H and O–H groups in total. The molecule has 0 spiro atoms. The van der Waals surface area contributed by atoms with Crippen LogP contribution in [0.4, 0.5) is 17.6 Å². The molecule has 0 unspecified atom stereocenters. The van der Waals surface area contributed by atoms with Crippen LogP contribution in [-0.2, 0) is 0 Å². The highest BCUT2D eigenvalue weighted by atomic mass is 19.3. The number of hydrogen-bond donors (Lipinski definition) is 0. The second-order valence-electron chi connectivity index (χ2n) is 2.17. The lowest BCUT2D eigenvalue weighted by Gasteiger charge is -2.00. The van der Waals surface area contributed by atoms with E-state index in [2.05, 4.69) is 0 Å². The van der Waals surface area contributed by atoms with E-state index in [1.807, 2.05) is 0 Å². The molecule has 0 aliphatic heterocycles. The van der Waals surface area contributed by atoms with Gasteiger partial charge in [-0.3, -0.25) is 0 Å². The number of hydrogen-bond acceptors (Lipinski definition) is 0. The monoisotopic (exact) mass is 177 g/mol. The van der Waals surface area contributed by atoms with E-state index in [9.17, 15) is 17.6 Å². The number of rotatable bonds is 2. The van der Waals surface area contributed by atoms with Crippen molar-refractivity contribution in [2.45, 2.75) is 6.43 Å². The van der Waals surface area contributed by atoms with E-state index in [0.717, 1.165) is 18.2 Å². The molecule has 0 aliphatic rings. The molecule has 0 atom stereocenters. The first-order valence-electron chi connectivity index (χ1n) is 3.17. The molecule has 0 aromatic heterocycles. The predicted octanol–water partition coefficient (Wildman–Crippen LogP) is 2.78. The van der Waals surface area contributed by atoms with Crippen molar-refractivity contribution >= 4 is 0 Å². The Hall–Kier alpha value is -1.06. The number of alkyl halides is 2. The Kier molecular flexibility index (Phi) is 2.68. The van der Waals surface area contributed by atoms with Crippen LogP contribution in [0.15, 0.2) is 18.2 Å². The summed E-state index contributed by atoms with van der Waals surface area (Å²) >= 11 is 0. The van der Waals surface area contributed by atoms with Crippen LogP contribution in [-0.4, -0.2) is 6.43 Å². The van der Waals surface area contributed by atoms with Crippen LogP contribution >= 0.6 is 0 Å². The van der Waals surface area contributed by atoms with Gasteiger partial charge in [0.15, 0.2) is 0 Å². The minimum Gasteiger partial charge on any atom is -0.210 e. The molecule has 4 heteroatoms. The molecule has 0 nitrogen and oxygen atoms in total. The van der Waals surface area contributed by atoms with E-state index in [0.29, 0.717) is 6.42 Å². The van der Waals surface area contributed by atoms with Gasteiger partial charge in [-0.2, -0.15) is 0 Å². The summed E-state index contributed by atoms with van der Waals surface area (Å²) in [6, 6.07) is 2.41. The minimum absolute atomic E-state index is 0.360. The lowest BCUT2D eigenvalue weighted by Crippen LogP contribution is -1.97. The van der Waals surface area contributed by atoms with Gasteiger partial charge in [0, 0.05) is 5.56 Å². The van der Waals surface area contributed by atoms with E-state index >= 15 is 0 Å². The molecule has 0 bridgehead atoms. The van der Waals surface area contributed by atoms with E-state index in [-0.39, 0.29) is 0 Å². The van der Waals surface area contributed by atoms with Gasteiger partial charge in [0.2, 0.25) is 6.43 Å². The minimum atomic E-state index is -2.78. The zero-order valence-electron chi connectivity index (χ0n) is 5.90. The molecule has 12 heavy (non-hydrogen) atoms. The highest BCUT2D eigenvalue weighted by Crippen LogP contribution is 2.15. The van der Waals surface area contributed by atoms with Gasteiger partial charge < -0.3 is 0 Å². The van der Waals surface area contributed by atoms with Gasteiger partial charge in [-0.25, -0.2) is 17.6 Å². The molecule has 0 heterocycles. The van der Waals surface area contributed by atoms with Crippen molar-refractivity contribution in [1.82, 2.24) is 0 Å². The maximum atomic E-state index is 12.6. The summed E-state index contributed by atoms with van der Waals surface area (Å²) in [5, 5.41) is 0. The lowest BCUT2D eigenvalue weighted by atomic mass is 10.1. The normalized spacial score (nSPS) is 10.8. The van der Waals surface area contributed by atoms with Crippen molar-refractivity contribution < 1.29 is 17.6 Å². The van der Waals surface area contributed by atoms with Gasteiger partial charge in [0.1, 0.15) is 11.6 Å². The molecule has 1 rings (SSSR count). The van der Waals surface area contributed by atoms with Crippen molar-refractivity contribution in [2.24, 2.45) is 0 Å². The van der Waals surface area contributed by atoms with Crippen molar-refractivity contribution in [3.63, 3.8) is 0 Å². The molecule has 0 amide bonds. The SMILES string of the molecule is Fc1ccc(F)c([CH]C(F)F)c1. The average Bonchev–Trinajstić information content (AvgIpc) is 1.96. The van der Waals surface area contributed by atoms with Crippen molar-refractivity contribution in [2.75, 3.05) is 0 Å². The van der Waals surface area contributed by atoms with Crippen LogP contribution in [0.25, 0.3) is 0 Å². The second kappa shape index (κ2) is 3.56. The third-order valence-corrected chi connectivity index (χ3v) is 1.26. The molecule has 65 valence electrons. The Balaban J connectivity index is 2.90. The average molecular weight is 177 g/mol. The van der Waals surface area contributed by atoms with Crippen molar-refractivity contribution in [1.29, 1.82) is 0 Å². The van der Waals surface area contributed by atoms with Gasteiger partial charge >= 0.3 is 0 Å². The van der Waals surface area contributed by atoms with Crippen LogP contribution in [0.2, 0.25) is 0 Å². The Morgan fingerprint density at radius 2 is 1.83 bits per heavy atom. The Morgan fingerprint density at radius 1 is 1.17 bits per heavy atom. The summed E-state index contributed by atoms with van der Waals surface area (Å²) in [6.07, 6.45) is -2.42. The Bertz CT molecular complexity index is 270. The fourth-order valence-electron chi connectivity index (χ4n) is 0.778. The maximum Gasteiger partial charge on any atom is 0.246 e. The first-order chi connectivity index (χ1) is 5.59. The Labute approximate surface area is 66.8 Å². The van der Waals surface area contributed by atoms with Crippen LogP contribution in [0.3, 0.4) is 0 Å². The van der Waals surface area contributed by atoms with E-state index < -0.39 is 23.6 Å². The summed E-state index contributed by atoms with van der Waals surface area (Å²) < 4.78 is 48.3. The molecule has 1 aromatic carbocycles. The first-order valence-corrected chi connectivity index (χ1v) is 3.17. The van der Waals surface area contributed by atoms with Gasteiger partial charge in [-0.1, -0.05) is 0 Å². The van der Waals surface area contributed by atoms with Gasteiger partial charge in [-0.15, -0.1) is 0 Å². The fourth-order valence-corrected chi connectivity index (χ4v) is 0.778. The number of halogens is 4. The van der Waals surface area contributed by atoms with Crippen LogP contribution < -0.4 is 0 Å². The zero-order valence-corrected chi connectivity index (χ0v) is 5.90. The van der Waals surface area contributed by atoms with Crippen LogP contribution in [0.1, 0.15) is 5.56 Å². The van der Waals surface area contributed by atoms with E-state index in [1.165, 1.54) is 0 Å². The molecule has 0 saturated heterocycles. The summed E-state index contributed by atoms with van der Waals surface area (Å²) in [7, 11) is 0. The summed E-state index contributed by atoms with van der Waals surface area (Å²) in [5.41, 5.74) is -0.412. The first kappa shape index (κ1) is 9.03. The molecular weight excluding hydrogens is 172 g/mol. The van der Waals surface area contributed by atoms with Crippen LogP contribution in [0.5, 0.6) is 0 Å². The van der Waals surface area contributed by atoms with Gasteiger partial charge in [-0.05, 0) is 18.2 Å². The predicted molar refractivity (Wildman–Crippen MR) is 35.8 cm³/mol. The highest BCUT2D eigenvalue weighted by Gasteiger charge is 2.10. The quantitative estimate of drug-likeness (QED) is 0.609. The number of benzene rings is 1. The highest BCUT2D eigenvalue weighted by molar-refractivity contribution is 5.26. The Morgan fingerprint density at radius 3 is 2.42 bits per heavy atom. The van der Waals surface area contributed by atoms with Crippen molar-refractivity contribution in [3.05, 3.63) is 41.8 Å². The van der Waals surface area contributed by atoms with E-state index in [4.69, 9.17) is 0 Å². The van der Waals surface area contributed by atoms with Crippen LogP contribution in [0, 0.1) is 18.1 Å². The smallest absolute Gasteiger partial charge is 0.210 e. The van der Waals surface area contributed by atoms with Gasteiger partial charge in [0.05, 0.1) is 6.42 Å². The zero-order chi connectivity index (χ0) is 9.14. The largest absolute Gasteiger partial charge is 0.246 e. The molecule has 0 aliphatic carbocycles. The second-order valence-corrected chi connectivity index (χ2v) is 2.17. The molecule has 0 fully saturated rings.